The SMILES string of the molecule is CC(CNC(=O)C1CCC(CNC(=O)OCC2c3ccccc3-c3ccccc32)O1)CC(=O)O. The molecule has 0 bridgehead atoms. The fourth-order valence-corrected chi connectivity index (χ4v) is 4.65. The molecule has 2 aromatic carbocycles. The van der Waals surface area contributed by atoms with E-state index in [9.17, 15) is 14.4 Å². The average Bonchev–Trinajstić information content (AvgIpc) is 3.42. The molecule has 3 N–H and O–H groups in total. The van der Waals surface area contributed by atoms with Crippen molar-refractivity contribution in [2.75, 3.05) is 19.7 Å². The number of ether oxygens (including phenoxy) is 2. The van der Waals surface area contributed by atoms with E-state index in [0.29, 0.717) is 12.8 Å². The summed E-state index contributed by atoms with van der Waals surface area (Å²) in [5.41, 5.74) is 4.66. The molecule has 4 rings (SSSR count). The van der Waals surface area contributed by atoms with Gasteiger partial charge in [-0.15, -0.1) is 0 Å². The summed E-state index contributed by atoms with van der Waals surface area (Å²) in [5.74, 6) is -1.30. The summed E-state index contributed by atoms with van der Waals surface area (Å²) in [4.78, 5) is 35.3. The van der Waals surface area contributed by atoms with Gasteiger partial charge in [0, 0.05) is 25.4 Å². The lowest BCUT2D eigenvalue weighted by atomic mass is 9.98. The molecule has 0 aromatic heterocycles. The molecule has 1 saturated heterocycles. The largest absolute Gasteiger partial charge is 0.481 e. The van der Waals surface area contributed by atoms with Gasteiger partial charge in [-0.25, -0.2) is 4.79 Å². The van der Waals surface area contributed by atoms with E-state index >= 15 is 0 Å². The van der Waals surface area contributed by atoms with E-state index in [2.05, 4.69) is 34.9 Å². The second-order valence-electron chi connectivity index (χ2n) is 8.98. The molecule has 3 atom stereocenters. The monoisotopic (exact) mass is 466 g/mol. The summed E-state index contributed by atoms with van der Waals surface area (Å²) in [6.45, 7) is 2.56. The van der Waals surface area contributed by atoms with E-state index in [1.165, 1.54) is 11.1 Å². The lowest BCUT2D eigenvalue weighted by Crippen LogP contribution is -2.39. The van der Waals surface area contributed by atoms with Crippen molar-refractivity contribution in [1.29, 1.82) is 0 Å². The molecule has 1 fully saturated rings. The average molecular weight is 467 g/mol. The third kappa shape index (κ3) is 5.56. The Bertz CT molecular complexity index is 1010. The van der Waals surface area contributed by atoms with E-state index in [4.69, 9.17) is 14.6 Å². The van der Waals surface area contributed by atoms with Gasteiger partial charge in [-0.2, -0.15) is 0 Å². The van der Waals surface area contributed by atoms with E-state index < -0.39 is 18.2 Å². The molecule has 1 heterocycles. The Hall–Kier alpha value is -3.39. The number of carboxylic acids is 1. The highest BCUT2D eigenvalue weighted by atomic mass is 16.5. The molecule has 1 aliphatic carbocycles. The summed E-state index contributed by atoms with van der Waals surface area (Å²) < 4.78 is 11.3. The smallest absolute Gasteiger partial charge is 0.407 e. The van der Waals surface area contributed by atoms with Crippen LogP contribution in [0.3, 0.4) is 0 Å². The minimum Gasteiger partial charge on any atom is -0.481 e. The molecule has 8 nitrogen and oxygen atoms in total. The van der Waals surface area contributed by atoms with Crippen LogP contribution < -0.4 is 10.6 Å². The predicted molar refractivity (Wildman–Crippen MR) is 125 cm³/mol. The first-order valence-corrected chi connectivity index (χ1v) is 11.7. The van der Waals surface area contributed by atoms with Crippen molar-refractivity contribution in [2.24, 2.45) is 5.92 Å². The number of hydrogen-bond acceptors (Lipinski definition) is 5. The van der Waals surface area contributed by atoms with Crippen LogP contribution in [-0.4, -0.2) is 55.0 Å². The Morgan fingerprint density at radius 1 is 1.03 bits per heavy atom. The number of carboxylic acid groups (broad SMARTS) is 1. The van der Waals surface area contributed by atoms with Crippen LogP contribution in [0.15, 0.2) is 48.5 Å². The normalized spacial score (nSPS) is 19.7. The molecule has 180 valence electrons. The van der Waals surface area contributed by atoms with E-state index in [1.54, 1.807) is 6.92 Å². The first-order valence-electron chi connectivity index (χ1n) is 11.7. The maximum Gasteiger partial charge on any atom is 0.407 e. The van der Waals surface area contributed by atoms with Crippen molar-refractivity contribution in [1.82, 2.24) is 10.6 Å². The van der Waals surface area contributed by atoms with Crippen molar-refractivity contribution in [3.63, 3.8) is 0 Å². The highest BCUT2D eigenvalue weighted by molar-refractivity contribution is 5.81. The molecule has 0 spiro atoms. The van der Waals surface area contributed by atoms with Gasteiger partial charge in [0.05, 0.1) is 6.10 Å². The van der Waals surface area contributed by atoms with Crippen LogP contribution in [0.2, 0.25) is 0 Å². The fraction of sp³-hybridized carbons (Fsp3) is 0.423. The number of carbonyl (C=O) groups is 3. The summed E-state index contributed by atoms with van der Waals surface area (Å²) in [7, 11) is 0. The van der Waals surface area contributed by atoms with Crippen molar-refractivity contribution in [2.45, 2.75) is 44.3 Å². The van der Waals surface area contributed by atoms with Crippen molar-refractivity contribution in [3.05, 3.63) is 59.7 Å². The highest BCUT2D eigenvalue weighted by Crippen LogP contribution is 2.44. The number of hydrogen-bond donors (Lipinski definition) is 3. The zero-order valence-corrected chi connectivity index (χ0v) is 19.2. The number of amides is 2. The number of rotatable bonds is 9. The summed E-state index contributed by atoms with van der Waals surface area (Å²) in [6.07, 6.45) is -0.180. The number of nitrogens with one attached hydrogen (secondary N) is 2. The highest BCUT2D eigenvalue weighted by Gasteiger charge is 2.32. The van der Waals surface area contributed by atoms with Gasteiger partial charge in [0.15, 0.2) is 0 Å². The van der Waals surface area contributed by atoms with Crippen LogP contribution in [0.1, 0.15) is 43.2 Å². The maximum atomic E-state index is 12.3. The van der Waals surface area contributed by atoms with Crippen molar-refractivity contribution >= 4 is 18.0 Å². The van der Waals surface area contributed by atoms with Gasteiger partial charge in [-0.05, 0) is 41.0 Å². The molecule has 2 aromatic rings. The zero-order valence-electron chi connectivity index (χ0n) is 19.2. The zero-order chi connectivity index (χ0) is 24.1. The minimum atomic E-state index is -0.891. The molecule has 2 aliphatic rings. The van der Waals surface area contributed by atoms with Crippen LogP contribution in [0.25, 0.3) is 11.1 Å². The topological polar surface area (TPSA) is 114 Å². The van der Waals surface area contributed by atoms with Gasteiger partial charge in [-0.3, -0.25) is 9.59 Å². The van der Waals surface area contributed by atoms with Crippen LogP contribution in [-0.2, 0) is 19.1 Å². The molecular formula is C26H30N2O6. The number of fused-ring (bicyclic) bond motifs is 3. The first kappa shape index (κ1) is 23.8. The van der Waals surface area contributed by atoms with Crippen LogP contribution in [0, 0.1) is 5.92 Å². The molecule has 2 amide bonds. The van der Waals surface area contributed by atoms with E-state index in [1.807, 2.05) is 24.3 Å². The second kappa shape index (κ2) is 10.7. The number of carbonyl (C=O) groups excluding carboxylic acids is 2. The van der Waals surface area contributed by atoms with Gasteiger partial charge < -0.3 is 25.2 Å². The molecule has 0 radical (unpaired) electrons. The third-order valence-electron chi connectivity index (χ3n) is 6.37. The third-order valence-corrected chi connectivity index (χ3v) is 6.37. The van der Waals surface area contributed by atoms with Crippen molar-refractivity contribution in [3.8, 4) is 11.1 Å². The number of alkyl carbamates (subject to hydrolysis) is 1. The minimum absolute atomic E-state index is 0.00150. The molecular weight excluding hydrogens is 436 g/mol. The quantitative estimate of drug-likeness (QED) is 0.523. The van der Waals surface area contributed by atoms with Crippen LogP contribution >= 0.6 is 0 Å². The number of benzene rings is 2. The molecule has 0 saturated carbocycles. The maximum absolute atomic E-state index is 12.3. The van der Waals surface area contributed by atoms with Gasteiger partial charge >= 0.3 is 12.1 Å². The Labute approximate surface area is 198 Å². The predicted octanol–water partition coefficient (Wildman–Crippen LogP) is 3.30. The fourth-order valence-electron chi connectivity index (χ4n) is 4.65. The number of aliphatic carboxylic acids is 1. The Kier molecular flexibility index (Phi) is 7.47. The van der Waals surface area contributed by atoms with E-state index in [-0.39, 0.29) is 50.0 Å². The molecule has 8 heteroatoms. The molecule has 1 aliphatic heterocycles. The van der Waals surface area contributed by atoms with Crippen LogP contribution in [0.5, 0.6) is 0 Å². The van der Waals surface area contributed by atoms with Gasteiger partial charge in [0.1, 0.15) is 12.7 Å². The van der Waals surface area contributed by atoms with Gasteiger partial charge in [-0.1, -0.05) is 55.5 Å². The second-order valence-corrected chi connectivity index (χ2v) is 8.98. The first-order chi connectivity index (χ1) is 16.4. The standard InChI is InChI=1S/C26H30N2O6/c1-16(12-24(29)30)13-27-25(31)23-11-10-17(34-23)14-28-26(32)33-15-22-20-8-4-2-6-18(20)19-7-3-5-9-21(19)22/h2-9,16-17,22-23H,10-15H2,1H3,(H,27,31)(H,28,32)(H,29,30). The summed E-state index contributed by atoms with van der Waals surface area (Å²) in [6, 6.07) is 16.3. The van der Waals surface area contributed by atoms with Crippen LogP contribution in [0.4, 0.5) is 4.79 Å². The van der Waals surface area contributed by atoms with Crippen molar-refractivity contribution < 1.29 is 29.0 Å². The molecule has 34 heavy (non-hydrogen) atoms. The Morgan fingerprint density at radius 3 is 2.32 bits per heavy atom. The molecule has 3 unspecified atom stereocenters. The summed E-state index contributed by atoms with van der Waals surface area (Å²) in [5, 5.41) is 14.3. The summed E-state index contributed by atoms with van der Waals surface area (Å²) >= 11 is 0. The Balaban J connectivity index is 1.20. The Morgan fingerprint density at radius 2 is 1.68 bits per heavy atom. The van der Waals surface area contributed by atoms with Gasteiger partial charge in [0.25, 0.3) is 0 Å². The van der Waals surface area contributed by atoms with E-state index in [0.717, 1.165) is 11.1 Å². The van der Waals surface area contributed by atoms with Gasteiger partial charge in [0.2, 0.25) is 5.91 Å². The lowest BCUT2D eigenvalue weighted by molar-refractivity contribution is -0.138. The lowest BCUT2D eigenvalue weighted by Gasteiger charge is -2.17.